The SMILES string of the molecule is OC1C(O)C2CCCC2C2CCCC12. The van der Waals surface area contributed by atoms with Gasteiger partial charge >= 0.3 is 0 Å². The molecular weight excluding hydrogens is 176 g/mol. The van der Waals surface area contributed by atoms with Crippen molar-refractivity contribution in [2.75, 3.05) is 0 Å². The van der Waals surface area contributed by atoms with Crippen LogP contribution in [0, 0.1) is 23.7 Å². The molecule has 0 heterocycles. The minimum absolute atomic E-state index is 0.415. The average Bonchev–Trinajstić information content (AvgIpc) is 2.80. The van der Waals surface area contributed by atoms with E-state index in [1.54, 1.807) is 0 Å². The Balaban J connectivity index is 1.89. The Morgan fingerprint density at radius 1 is 0.571 bits per heavy atom. The summed E-state index contributed by atoms with van der Waals surface area (Å²) in [5.41, 5.74) is 0. The lowest BCUT2D eigenvalue weighted by Gasteiger charge is -2.43. The van der Waals surface area contributed by atoms with Crippen molar-refractivity contribution < 1.29 is 10.2 Å². The standard InChI is InChI=1S/C12H20O2/c13-11-9-5-1-3-7(9)8-4-2-6-10(8)12(11)14/h7-14H,1-6H2. The van der Waals surface area contributed by atoms with E-state index in [1.165, 1.54) is 25.7 Å². The zero-order valence-corrected chi connectivity index (χ0v) is 8.60. The van der Waals surface area contributed by atoms with E-state index in [2.05, 4.69) is 0 Å². The van der Waals surface area contributed by atoms with Crippen molar-refractivity contribution in [2.24, 2.45) is 23.7 Å². The second kappa shape index (κ2) is 3.21. The predicted molar refractivity (Wildman–Crippen MR) is 53.7 cm³/mol. The fourth-order valence-corrected chi connectivity index (χ4v) is 4.45. The Bertz CT molecular complexity index is 204. The topological polar surface area (TPSA) is 40.5 Å². The monoisotopic (exact) mass is 196 g/mol. The Labute approximate surface area is 85.3 Å². The highest BCUT2D eigenvalue weighted by Crippen LogP contribution is 2.53. The van der Waals surface area contributed by atoms with Gasteiger partial charge < -0.3 is 10.2 Å². The molecule has 14 heavy (non-hydrogen) atoms. The first-order valence-corrected chi connectivity index (χ1v) is 6.15. The molecule has 0 aromatic heterocycles. The molecule has 0 aliphatic heterocycles. The summed E-state index contributed by atoms with van der Waals surface area (Å²) in [6.07, 6.45) is 6.59. The summed E-state index contributed by atoms with van der Waals surface area (Å²) in [5, 5.41) is 20.1. The predicted octanol–water partition coefficient (Wildman–Crippen LogP) is 1.55. The summed E-state index contributed by atoms with van der Waals surface area (Å²) in [7, 11) is 0. The summed E-state index contributed by atoms with van der Waals surface area (Å²) in [6, 6.07) is 0. The van der Waals surface area contributed by atoms with Gasteiger partial charge in [0.15, 0.2) is 0 Å². The van der Waals surface area contributed by atoms with Gasteiger partial charge in [-0.2, -0.15) is 0 Å². The fraction of sp³-hybridized carbons (Fsp3) is 1.00. The van der Waals surface area contributed by atoms with Crippen molar-refractivity contribution in [3.05, 3.63) is 0 Å². The van der Waals surface area contributed by atoms with Gasteiger partial charge in [-0.3, -0.25) is 0 Å². The van der Waals surface area contributed by atoms with Gasteiger partial charge in [0.25, 0.3) is 0 Å². The van der Waals surface area contributed by atoms with Crippen LogP contribution in [0.25, 0.3) is 0 Å². The average molecular weight is 196 g/mol. The second-order valence-electron chi connectivity index (χ2n) is 5.50. The third kappa shape index (κ3) is 1.10. The molecule has 3 aliphatic rings. The molecule has 0 amide bonds. The van der Waals surface area contributed by atoms with Crippen LogP contribution >= 0.6 is 0 Å². The first-order chi connectivity index (χ1) is 6.79. The fourth-order valence-electron chi connectivity index (χ4n) is 4.45. The molecule has 3 saturated carbocycles. The van der Waals surface area contributed by atoms with E-state index in [4.69, 9.17) is 0 Å². The van der Waals surface area contributed by atoms with Crippen LogP contribution in [0.5, 0.6) is 0 Å². The third-order valence-electron chi connectivity index (χ3n) is 5.03. The number of hydrogen-bond donors (Lipinski definition) is 2. The summed E-state index contributed by atoms with van der Waals surface area (Å²) >= 11 is 0. The molecule has 0 spiro atoms. The van der Waals surface area contributed by atoms with E-state index < -0.39 is 12.2 Å². The van der Waals surface area contributed by atoms with Gasteiger partial charge in [0.1, 0.15) is 0 Å². The molecule has 3 aliphatic carbocycles. The molecular formula is C12H20O2. The first kappa shape index (κ1) is 9.17. The minimum Gasteiger partial charge on any atom is -0.390 e. The van der Waals surface area contributed by atoms with Gasteiger partial charge in [0.05, 0.1) is 12.2 Å². The van der Waals surface area contributed by atoms with E-state index in [1.807, 2.05) is 0 Å². The van der Waals surface area contributed by atoms with Gasteiger partial charge in [-0.15, -0.1) is 0 Å². The summed E-state index contributed by atoms with van der Waals surface area (Å²) in [5.74, 6) is 2.32. The van der Waals surface area contributed by atoms with E-state index >= 15 is 0 Å². The van der Waals surface area contributed by atoms with Gasteiger partial charge in [0.2, 0.25) is 0 Å². The van der Waals surface area contributed by atoms with Crippen molar-refractivity contribution in [1.82, 2.24) is 0 Å². The number of aliphatic hydroxyl groups is 2. The van der Waals surface area contributed by atoms with Crippen molar-refractivity contribution >= 4 is 0 Å². The van der Waals surface area contributed by atoms with Crippen LogP contribution in [0.2, 0.25) is 0 Å². The van der Waals surface area contributed by atoms with Crippen LogP contribution in [0.4, 0.5) is 0 Å². The van der Waals surface area contributed by atoms with E-state index in [9.17, 15) is 10.2 Å². The molecule has 6 unspecified atom stereocenters. The molecule has 0 aromatic rings. The molecule has 80 valence electrons. The number of fused-ring (bicyclic) bond motifs is 3. The maximum atomic E-state index is 10.0. The smallest absolute Gasteiger partial charge is 0.0832 e. The highest BCUT2D eigenvalue weighted by Gasteiger charge is 2.52. The van der Waals surface area contributed by atoms with Gasteiger partial charge in [-0.1, -0.05) is 12.8 Å². The van der Waals surface area contributed by atoms with Gasteiger partial charge in [-0.25, -0.2) is 0 Å². The van der Waals surface area contributed by atoms with E-state index in [0.717, 1.165) is 24.7 Å². The second-order valence-corrected chi connectivity index (χ2v) is 5.50. The highest BCUT2D eigenvalue weighted by molar-refractivity contribution is 5.01. The highest BCUT2D eigenvalue weighted by atomic mass is 16.3. The Hall–Kier alpha value is -0.0800. The molecule has 3 rings (SSSR count). The van der Waals surface area contributed by atoms with Crippen LogP contribution < -0.4 is 0 Å². The molecule has 0 bridgehead atoms. The van der Waals surface area contributed by atoms with Crippen molar-refractivity contribution in [2.45, 2.75) is 50.7 Å². The summed E-state index contributed by atoms with van der Waals surface area (Å²) < 4.78 is 0. The van der Waals surface area contributed by atoms with Crippen LogP contribution in [0.3, 0.4) is 0 Å². The maximum absolute atomic E-state index is 10.0. The molecule has 2 nitrogen and oxygen atoms in total. The van der Waals surface area contributed by atoms with E-state index in [-0.39, 0.29) is 0 Å². The zero-order chi connectivity index (χ0) is 9.71. The Morgan fingerprint density at radius 2 is 0.929 bits per heavy atom. The number of aliphatic hydroxyl groups excluding tert-OH is 2. The van der Waals surface area contributed by atoms with Crippen LogP contribution in [-0.4, -0.2) is 22.4 Å². The van der Waals surface area contributed by atoms with Crippen molar-refractivity contribution in [3.63, 3.8) is 0 Å². The molecule has 2 heteroatoms. The maximum Gasteiger partial charge on any atom is 0.0832 e. The normalized spacial score (nSPS) is 57.0. The molecule has 0 radical (unpaired) electrons. The molecule has 2 N–H and O–H groups in total. The van der Waals surface area contributed by atoms with Gasteiger partial charge in [-0.05, 0) is 49.4 Å². The van der Waals surface area contributed by atoms with Crippen molar-refractivity contribution in [1.29, 1.82) is 0 Å². The first-order valence-electron chi connectivity index (χ1n) is 6.15. The lowest BCUT2D eigenvalue weighted by Crippen LogP contribution is -2.49. The zero-order valence-electron chi connectivity index (χ0n) is 8.60. The molecule has 0 aromatic carbocycles. The third-order valence-corrected chi connectivity index (χ3v) is 5.03. The molecule has 3 fully saturated rings. The van der Waals surface area contributed by atoms with Crippen molar-refractivity contribution in [3.8, 4) is 0 Å². The van der Waals surface area contributed by atoms with Gasteiger partial charge in [0, 0.05) is 0 Å². The summed E-state index contributed by atoms with van der Waals surface area (Å²) in [4.78, 5) is 0. The largest absolute Gasteiger partial charge is 0.390 e. The van der Waals surface area contributed by atoms with Crippen LogP contribution in [-0.2, 0) is 0 Å². The van der Waals surface area contributed by atoms with E-state index in [0.29, 0.717) is 11.8 Å². The minimum atomic E-state index is -0.415. The number of hydrogen-bond acceptors (Lipinski definition) is 2. The molecule has 6 atom stereocenters. The summed E-state index contributed by atoms with van der Waals surface area (Å²) in [6.45, 7) is 0. The Kier molecular flexibility index (Phi) is 2.10. The number of rotatable bonds is 0. The molecule has 0 saturated heterocycles. The van der Waals surface area contributed by atoms with Crippen LogP contribution in [0.1, 0.15) is 38.5 Å². The lowest BCUT2D eigenvalue weighted by atomic mass is 9.66. The van der Waals surface area contributed by atoms with Crippen LogP contribution in [0.15, 0.2) is 0 Å². The quantitative estimate of drug-likeness (QED) is 0.617. The lowest BCUT2D eigenvalue weighted by molar-refractivity contribution is -0.109. The Morgan fingerprint density at radius 3 is 1.36 bits per heavy atom.